The zero-order chi connectivity index (χ0) is 10.6. The average molecular weight is 307 g/mol. The highest BCUT2D eigenvalue weighted by atomic mass is 127. The molecular weight excluding hydrogens is 296 g/mol. The van der Waals surface area contributed by atoms with Crippen molar-refractivity contribution in [1.29, 1.82) is 0 Å². The zero-order valence-electron chi connectivity index (χ0n) is 7.76. The fourth-order valence-electron chi connectivity index (χ4n) is 1.11. The minimum absolute atomic E-state index is 0.0116. The van der Waals surface area contributed by atoms with E-state index in [1.54, 1.807) is 12.1 Å². The van der Waals surface area contributed by atoms with Crippen molar-refractivity contribution in [3.8, 4) is 0 Å². The first-order valence-corrected chi connectivity index (χ1v) is 5.77. The molecule has 0 heterocycles. The van der Waals surface area contributed by atoms with E-state index in [1.165, 1.54) is 12.1 Å². The highest BCUT2D eigenvalue weighted by Crippen LogP contribution is 2.12. The van der Waals surface area contributed by atoms with Crippen molar-refractivity contribution in [3.63, 3.8) is 0 Å². The maximum Gasteiger partial charge on any atom is 0.230 e. The van der Waals surface area contributed by atoms with E-state index >= 15 is 0 Å². The minimum Gasteiger partial charge on any atom is -0.349 e. The van der Waals surface area contributed by atoms with E-state index in [0.29, 0.717) is 4.43 Å². The number of rotatable bonds is 3. The van der Waals surface area contributed by atoms with Crippen LogP contribution in [0.3, 0.4) is 0 Å². The van der Waals surface area contributed by atoms with Crippen LogP contribution in [0.2, 0.25) is 0 Å². The van der Waals surface area contributed by atoms with Gasteiger partial charge >= 0.3 is 0 Å². The second-order valence-electron chi connectivity index (χ2n) is 2.97. The molecular formula is C10H11FINO. The first-order valence-electron chi connectivity index (χ1n) is 4.24. The summed E-state index contributed by atoms with van der Waals surface area (Å²) in [4.78, 5) is 11.1. The Morgan fingerprint density at radius 1 is 1.50 bits per heavy atom. The normalized spacial score (nSPS) is 12.2. The molecule has 1 N–H and O–H groups in total. The number of hydrogen-bond donors (Lipinski definition) is 1. The molecule has 0 saturated carbocycles. The number of nitrogens with one attached hydrogen (secondary N) is 1. The predicted octanol–water partition coefficient (Wildman–Crippen LogP) is 2.44. The van der Waals surface area contributed by atoms with Crippen LogP contribution in [0, 0.1) is 5.82 Å². The molecule has 2 nitrogen and oxygen atoms in total. The number of amides is 1. The fraction of sp³-hybridized carbons (Fsp3) is 0.300. The van der Waals surface area contributed by atoms with Crippen LogP contribution >= 0.6 is 22.6 Å². The van der Waals surface area contributed by atoms with Crippen molar-refractivity contribution in [1.82, 2.24) is 5.32 Å². The standard InChI is InChI=1S/C10H11FINO/c1-7(13-10(14)6-12)8-2-4-9(11)5-3-8/h2-5,7H,6H2,1H3,(H,13,14). The van der Waals surface area contributed by atoms with Gasteiger partial charge in [0.25, 0.3) is 0 Å². The van der Waals surface area contributed by atoms with Gasteiger partial charge < -0.3 is 5.32 Å². The molecule has 1 rings (SSSR count). The van der Waals surface area contributed by atoms with Crippen LogP contribution in [0.4, 0.5) is 4.39 Å². The van der Waals surface area contributed by atoms with E-state index < -0.39 is 0 Å². The lowest BCUT2D eigenvalue weighted by Crippen LogP contribution is -2.27. The van der Waals surface area contributed by atoms with Crippen molar-refractivity contribution in [2.75, 3.05) is 4.43 Å². The van der Waals surface area contributed by atoms with Gasteiger partial charge in [-0.2, -0.15) is 0 Å². The lowest BCUT2D eigenvalue weighted by molar-refractivity contribution is -0.118. The molecule has 1 amide bonds. The fourth-order valence-corrected chi connectivity index (χ4v) is 1.34. The van der Waals surface area contributed by atoms with E-state index in [0.717, 1.165) is 5.56 Å². The molecule has 1 aromatic rings. The van der Waals surface area contributed by atoms with Gasteiger partial charge in [-0.1, -0.05) is 34.7 Å². The summed E-state index contributed by atoms with van der Waals surface area (Å²) in [7, 11) is 0. The van der Waals surface area contributed by atoms with Crippen molar-refractivity contribution < 1.29 is 9.18 Å². The Balaban J connectivity index is 2.65. The summed E-state index contributed by atoms with van der Waals surface area (Å²) in [6.07, 6.45) is 0. The molecule has 0 aromatic heterocycles. The highest BCUT2D eigenvalue weighted by Gasteiger charge is 2.07. The van der Waals surface area contributed by atoms with Gasteiger partial charge in [-0.05, 0) is 24.6 Å². The first kappa shape index (κ1) is 11.4. The van der Waals surface area contributed by atoms with Gasteiger partial charge in [0.2, 0.25) is 5.91 Å². The largest absolute Gasteiger partial charge is 0.349 e. The van der Waals surface area contributed by atoms with E-state index in [-0.39, 0.29) is 17.8 Å². The predicted molar refractivity (Wildman–Crippen MR) is 61.8 cm³/mol. The second kappa shape index (κ2) is 5.29. The summed E-state index contributed by atoms with van der Waals surface area (Å²) in [6, 6.07) is 6.06. The number of hydrogen-bond acceptors (Lipinski definition) is 1. The molecule has 0 radical (unpaired) electrons. The molecule has 14 heavy (non-hydrogen) atoms. The maximum absolute atomic E-state index is 12.6. The van der Waals surface area contributed by atoms with Crippen molar-refractivity contribution in [2.24, 2.45) is 0 Å². The van der Waals surface area contributed by atoms with Gasteiger partial charge in [0.15, 0.2) is 0 Å². The number of carbonyl (C=O) groups is 1. The van der Waals surface area contributed by atoms with Crippen LogP contribution in [0.25, 0.3) is 0 Å². The first-order chi connectivity index (χ1) is 6.63. The van der Waals surface area contributed by atoms with E-state index in [1.807, 2.05) is 29.5 Å². The smallest absolute Gasteiger partial charge is 0.230 e. The van der Waals surface area contributed by atoms with Crippen LogP contribution in [-0.2, 0) is 4.79 Å². The molecule has 0 aliphatic rings. The van der Waals surface area contributed by atoms with Gasteiger partial charge in [0.1, 0.15) is 5.82 Å². The highest BCUT2D eigenvalue weighted by molar-refractivity contribution is 14.1. The van der Waals surface area contributed by atoms with Gasteiger partial charge in [-0.3, -0.25) is 4.79 Å². The maximum atomic E-state index is 12.6. The summed E-state index contributed by atoms with van der Waals surface area (Å²) in [5.41, 5.74) is 0.907. The quantitative estimate of drug-likeness (QED) is 0.674. The van der Waals surface area contributed by atoms with Crippen LogP contribution < -0.4 is 5.32 Å². The molecule has 4 heteroatoms. The monoisotopic (exact) mass is 307 g/mol. The number of alkyl halides is 1. The summed E-state index contributed by atoms with van der Waals surface area (Å²) < 4.78 is 13.0. The van der Waals surface area contributed by atoms with E-state index in [2.05, 4.69) is 5.32 Å². The van der Waals surface area contributed by atoms with Gasteiger partial charge in [0.05, 0.1) is 10.5 Å². The Bertz CT molecular complexity index is 312. The van der Waals surface area contributed by atoms with Crippen molar-refractivity contribution in [2.45, 2.75) is 13.0 Å². The van der Waals surface area contributed by atoms with Crippen LogP contribution in [0.1, 0.15) is 18.5 Å². The molecule has 1 unspecified atom stereocenters. The third-order valence-electron chi connectivity index (χ3n) is 1.87. The SMILES string of the molecule is CC(NC(=O)CI)c1ccc(F)cc1. The Morgan fingerprint density at radius 2 is 2.07 bits per heavy atom. The summed E-state index contributed by atoms with van der Waals surface area (Å²) in [5, 5.41) is 2.80. The molecule has 0 bridgehead atoms. The minimum atomic E-state index is -0.263. The molecule has 0 aliphatic heterocycles. The van der Waals surface area contributed by atoms with Gasteiger partial charge in [-0.25, -0.2) is 4.39 Å². The van der Waals surface area contributed by atoms with E-state index in [4.69, 9.17) is 0 Å². The summed E-state index contributed by atoms with van der Waals surface area (Å²) in [6.45, 7) is 1.87. The molecule has 1 aromatic carbocycles. The lowest BCUT2D eigenvalue weighted by atomic mass is 10.1. The van der Waals surface area contributed by atoms with E-state index in [9.17, 15) is 9.18 Å². The van der Waals surface area contributed by atoms with Crippen molar-refractivity contribution in [3.05, 3.63) is 35.6 Å². The third kappa shape index (κ3) is 3.25. The lowest BCUT2D eigenvalue weighted by Gasteiger charge is -2.12. The summed E-state index contributed by atoms with van der Waals surface area (Å²) >= 11 is 2.00. The zero-order valence-corrected chi connectivity index (χ0v) is 9.92. The average Bonchev–Trinajstić information content (AvgIpc) is 2.18. The van der Waals surface area contributed by atoms with Gasteiger partial charge in [-0.15, -0.1) is 0 Å². The Morgan fingerprint density at radius 3 is 2.57 bits per heavy atom. The molecule has 1 atom stereocenters. The molecule has 0 aliphatic carbocycles. The molecule has 0 spiro atoms. The molecule has 0 fully saturated rings. The Hall–Kier alpha value is -0.650. The van der Waals surface area contributed by atoms with Crippen LogP contribution in [0.15, 0.2) is 24.3 Å². The topological polar surface area (TPSA) is 29.1 Å². The second-order valence-corrected chi connectivity index (χ2v) is 3.74. The van der Waals surface area contributed by atoms with Gasteiger partial charge in [0, 0.05) is 0 Å². The Kier molecular flexibility index (Phi) is 4.31. The number of benzene rings is 1. The Labute approximate surface area is 96.0 Å². The molecule has 0 saturated heterocycles. The summed E-state index contributed by atoms with van der Waals surface area (Å²) in [5.74, 6) is -0.274. The third-order valence-corrected chi connectivity index (χ3v) is 2.56. The van der Waals surface area contributed by atoms with Crippen LogP contribution in [-0.4, -0.2) is 10.3 Å². The molecule has 76 valence electrons. The number of halogens is 2. The number of carbonyl (C=O) groups excluding carboxylic acids is 1. The van der Waals surface area contributed by atoms with Crippen molar-refractivity contribution >= 4 is 28.5 Å². The van der Waals surface area contributed by atoms with Crippen LogP contribution in [0.5, 0.6) is 0 Å².